The summed E-state index contributed by atoms with van der Waals surface area (Å²) in [7, 11) is 0. The van der Waals surface area contributed by atoms with E-state index in [1.54, 1.807) is 17.4 Å². The Hall–Kier alpha value is -1.26. The first-order chi connectivity index (χ1) is 8.58. The number of halogens is 2. The van der Waals surface area contributed by atoms with Crippen molar-refractivity contribution in [3.8, 4) is 0 Å². The van der Waals surface area contributed by atoms with Crippen LogP contribution in [0.5, 0.6) is 0 Å². The van der Waals surface area contributed by atoms with Gasteiger partial charge in [-0.2, -0.15) is 0 Å². The van der Waals surface area contributed by atoms with Crippen LogP contribution in [0.3, 0.4) is 0 Å². The van der Waals surface area contributed by atoms with Crippen LogP contribution in [0.4, 0.5) is 8.78 Å². The van der Waals surface area contributed by atoms with Crippen LogP contribution in [0, 0.1) is 11.6 Å². The van der Waals surface area contributed by atoms with E-state index in [0.717, 1.165) is 5.56 Å². The molecule has 0 aliphatic heterocycles. The maximum atomic E-state index is 13.1. The van der Waals surface area contributed by atoms with E-state index in [2.05, 4.69) is 18.3 Å². The standard InChI is InChI=1S/C14H15F2NS/c1-9(11-5-6-12(15)13(16)8-11)17-10(2)14-4-3-7-18-14/h3-10,17H,1-2H3. The van der Waals surface area contributed by atoms with Gasteiger partial charge in [-0.15, -0.1) is 11.3 Å². The molecular weight excluding hydrogens is 252 g/mol. The quantitative estimate of drug-likeness (QED) is 0.863. The average molecular weight is 267 g/mol. The molecule has 0 spiro atoms. The second-order valence-corrected chi connectivity index (χ2v) is 5.28. The third-order valence-corrected chi connectivity index (χ3v) is 3.97. The highest BCUT2D eigenvalue weighted by Crippen LogP contribution is 2.23. The van der Waals surface area contributed by atoms with Crippen molar-refractivity contribution >= 4 is 11.3 Å². The molecule has 1 heterocycles. The van der Waals surface area contributed by atoms with Gasteiger partial charge >= 0.3 is 0 Å². The highest BCUT2D eigenvalue weighted by atomic mass is 32.1. The summed E-state index contributed by atoms with van der Waals surface area (Å²) in [4.78, 5) is 1.23. The summed E-state index contributed by atoms with van der Waals surface area (Å²) in [6.45, 7) is 4.00. The SMILES string of the molecule is CC(NC(C)c1cccs1)c1ccc(F)c(F)c1. The molecular formula is C14H15F2NS. The third-order valence-electron chi connectivity index (χ3n) is 2.91. The highest BCUT2D eigenvalue weighted by Gasteiger charge is 2.13. The van der Waals surface area contributed by atoms with Crippen LogP contribution in [0.2, 0.25) is 0 Å². The summed E-state index contributed by atoms with van der Waals surface area (Å²) in [5.41, 5.74) is 0.748. The van der Waals surface area contributed by atoms with Crippen molar-refractivity contribution in [2.24, 2.45) is 0 Å². The van der Waals surface area contributed by atoms with Gasteiger partial charge in [0.05, 0.1) is 0 Å². The minimum absolute atomic E-state index is 0.0304. The van der Waals surface area contributed by atoms with Crippen LogP contribution in [-0.2, 0) is 0 Å². The first kappa shape index (κ1) is 13.2. The molecule has 1 N–H and O–H groups in total. The largest absolute Gasteiger partial charge is 0.303 e. The van der Waals surface area contributed by atoms with Gasteiger partial charge in [-0.1, -0.05) is 12.1 Å². The second-order valence-electron chi connectivity index (χ2n) is 4.30. The van der Waals surface area contributed by atoms with Gasteiger partial charge in [-0.25, -0.2) is 8.78 Å². The Morgan fingerprint density at radius 3 is 2.44 bits per heavy atom. The number of rotatable bonds is 4. The number of hydrogen-bond acceptors (Lipinski definition) is 2. The van der Waals surface area contributed by atoms with E-state index in [1.807, 2.05) is 18.4 Å². The molecule has 1 nitrogen and oxygen atoms in total. The van der Waals surface area contributed by atoms with Crippen molar-refractivity contribution < 1.29 is 8.78 Å². The van der Waals surface area contributed by atoms with Crippen molar-refractivity contribution in [1.29, 1.82) is 0 Å². The van der Waals surface area contributed by atoms with Crippen molar-refractivity contribution in [2.45, 2.75) is 25.9 Å². The molecule has 2 rings (SSSR count). The van der Waals surface area contributed by atoms with E-state index in [-0.39, 0.29) is 12.1 Å². The molecule has 0 aliphatic carbocycles. The molecule has 0 saturated heterocycles. The van der Waals surface area contributed by atoms with Crippen LogP contribution in [-0.4, -0.2) is 0 Å². The highest BCUT2D eigenvalue weighted by molar-refractivity contribution is 7.10. The second kappa shape index (κ2) is 5.59. The smallest absolute Gasteiger partial charge is 0.159 e. The number of benzene rings is 1. The summed E-state index contributed by atoms with van der Waals surface area (Å²) >= 11 is 1.68. The van der Waals surface area contributed by atoms with Crippen molar-refractivity contribution in [1.82, 2.24) is 5.32 Å². The van der Waals surface area contributed by atoms with E-state index in [9.17, 15) is 8.78 Å². The van der Waals surface area contributed by atoms with E-state index in [0.29, 0.717) is 0 Å². The molecule has 0 fully saturated rings. The summed E-state index contributed by atoms with van der Waals surface area (Å²) in [6, 6.07) is 8.23. The summed E-state index contributed by atoms with van der Waals surface area (Å²) in [6.07, 6.45) is 0. The lowest BCUT2D eigenvalue weighted by Crippen LogP contribution is -2.21. The van der Waals surface area contributed by atoms with Crippen LogP contribution in [0.15, 0.2) is 35.7 Å². The summed E-state index contributed by atoms with van der Waals surface area (Å²) < 4.78 is 26.0. The Morgan fingerprint density at radius 1 is 1.06 bits per heavy atom. The monoisotopic (exact) mass is 267 g/mol. The van der Waals surface area contributed by atoms with E-state index < -0.39 is 11.6 Å². The Labute approximate surface area is 109 Å². The third kappa shape index (κ3) is 2.94. The van der Waals surface area contributed by atoms with Crippen LogP contribution >= 0.6 is 11.3 Å². The van der Waals surface area contributed by atoms with Gasteiger partial charge in [-0.3, -0.25) is 0 Å². The number of thiophene rings is 1. The van der Waals surface area contributed by atoms with E-state index in [1.165, 1.54) is 17.0 Å². The fourth-order valence-electron chi connectivity index (χ4n) is 1.87. The molecule has 2 unspecified atom stereocenters. The molecule has 18 heavy (non-hydrogen) atoms. The fraction of sp³-hybridized carbons (Fsp3) is 0.286. The molecule has 4 heteroatoms. The number of hydrogen-bond donors (Lipinski definition) is 1. The Balaban J connectivity index is 2.07. The van der Waals surface area contributed by atoms with Gasteiger partial charge in [0.1, 0.15) is 0 Å². The average Bonchev–Trinajstić information content (AvgIpc) is 2.86. The van der Waals surface area contributed by atoms with Gasteiger partial charge in [0.25, 0.3) is 0 Å². The molecule has 1 aromatic heterocycles. The molecule has 0 bridgehead atoms. The normalized spacial score (nSPS) is 14.4. The molecule has 0 radical (unpaired) electrons. The minimum atomic E-state index is -0.808. The lowest BCUT2D eigenvalue weighted by Gasteiger charge is -2.19. The van der Waals surface area contributed by atoms with Gasteiger partial charge in [0, 0.05) is 17.0 Å². The van der Waals surface area contributed by atoms with Crippen LogP contribution in [0.1, 0.15) is 36.4 Å². The molecule has 0 saturated carbocycles. The molecule has 96 valence electrons. The van der Waals surface area contributed by atoms with Crippen molar-refractivity contribution in [2.75, 3.05) is 0 Å². The zero-order chi connectivity index (χ0) is 13.1. The predicted molar refractivity (Wildman–Crippen MR) is 70.6 cm³/mol. The molecule has 0 amide bonds. The van der Waals surface area contributed by atoms with Gasteiger partial charge in [-0.05, 0) is 43.0 Å². The zero-order valence-electron chi connectivity index (χ0n) is 10.3. The molecule has 1 aromatic carbocycles. The first-order valence-corrected chi connectivity index (χ1v) is 6.70. The van der Waals surface area contributed by atoms with Crippen LogP contribution in [0.25, 0.3) is 0 Å². The predicted octanol–water partition coefficient (Wildman–Crippen LogP) is 4.44. The van der Waals surface area contributed by atoms with E-state index in [4.69, 9.17) is 0 Å². The fourth-order valence-corrected chi connectivity index (χ4v) is 2.62. The lowest BCUT2D eigenvalue weighted by atomic mass is 10.1. The molecule has 2 aromatic rings. The van der Waals surface area contributed by atoms with Crippen molar-refractivity contribution in [3.63, 3.8) is 0 Å². The van der Waals surface area contributed by atoms with Gasteiger partial charge in [0.15, 0.2) is 11.6 Å². The maximum absolute atomic E-state index is 13.1. The Kier molecular flexibility index (Phi) is 4.09. The zero-order valence-corrected chi connectivity index (χ0v) is 11.1. The van der Waals surface area contributed by atoms with Gasteiger partial charge in [0.2, 0.25) is 0 Å². The maximum Gasteiger partial charge on any atom is 0.159 e. The Bertz CT molecular complexity index is 511. The van der Waals surface area contributed by atoms with Crippen molar-refractivity contribution in [3.05, 3.63) is 57.8 Å². The van der Waals surface area contributed by atoms with Gasteiger partial charge < -0.3 is 5.32 Å². The minimum Gasteiger partial charge on any atom is -0.303 e. The summed E-state index contributed by atoms with van der Waals surface area (Å²) in [5, 5.41) is 5.39. The van der Waals surface area contributed by atoms with Crippen LogP contribution < -0.4 is 5.32 Å². The Morgan fingerprint density at radius 2 is 1.83 bits per heavy atom. The van der Waals surface area contributed by atoms with E-state index >= 15 is 0 Å². The first-order valence-electron chi connectivity index (χ1n) is 5.82. The molecule has 0 aliphatic rings. The number of nitrogens with one attached hydrogen (secondary N) is 1. The molecule has 2 atom stereocenters. The summed E-state index contributed by atoms with van der Waals surface area (Å²) in [5.74, 6) is -1.61. The lowest BCUT2D eigenvalue weighted by molar-refractivity contribution is 0.483. The topological polar surface area (TPSA) is 12.0 Å².